The minimum atomic E-state index is -0.554. The number of carbonyl (C=O) groups is 1. The molecule has 354 valence electrons. The normalized spacial score (nSPS) is 18.3. The van der Waals surface area contributed by atoms with E-state index < -0.39 is 10.8 Å². The Labute approximate surface area is 399 Å². The van der Waals surface area contributed by atoms with E-state index in [4.69, 9.17) is 5.73 Å². The van der Waals surface area contributed by atoms with Gasteiger partial charge in [0.2, 0.25) is 5.91 Å². The molecule has 7 aromatic rings. The van der Waals surface area contributed by atoms with Crippen molar-refractivity contribution in [3.05, 3.63) is 75.0 Å². The Hall–Kier alpha value is -4.78. The molecule has 17 heteroatoms. The van der Waals surface area contributed by atoms with E-state index in [0.717, 1.165) is 104 Å². The van der Waals surface area contributed by atoms with Gasteiger partial charge in [0.05, 0.1) is 44.7 Å². The first-order chi connectivity index (χ1) is 31.3. The summed E-state index contributed by atoms with van der Waals surface area (Å²) in [4.78, 5) is 42.9. The van der Waals surface area contributed by atoms with Crippen LogP contribution in [0.1, 0.15) is 106 Å². The quantitative estimate of drug-likeness (QED) is 0.0896. The van der Waals surface area contributed by atoms with Gasteiger partial charge in [-0.1, -0.05) is 27.7 Å². The van der Waals surface area contributed by atoms with Gasteiger partial charge in [0, 0.05) is 96.6 Å². The van der Waals surface area contributed by atoms with Gasteiger partial charge < -0.3 is 26.1 Å². The van der Waals surface area contributed by atoms with E-state index in [9.17, 15) is 9.00 Å². The smallest absolute Gasteiger partial charge is 0.236 e. The van der Waals surface area contributed by atoms with Gasteiger partial charge in [-0.25, -0.2) is 19.5 Å². The number of carbonyl (C=O) groups excluding carboxylic acids is 1. The average Bonchev–Trinajstić information content (AvgIpc) is 4.11. The summed E-state index contributed by atoms with van der Waals surface area (Å²) >= 11 is 3.84. The number of piperidine rings is 1. The maximum atomic E-state index is 12.7. The molecular formula is C49H67N11O3S3. The van der Waals surface area contributed by atoms with Crippen LogP contribution in [0.5, 0.6) is 0 Å². The molecule has 11 heterocycles. The van der Waals surface area contributed by atoms with Crippen molar-refractivity contribution in [2.45, 2.75) is 91.5 Å². The molecule has 14 nitrogen and oxygen atoms in total. The maximum absolute atomic E-state index is 12.7. The SMILES string of the molecule is Cc1cc(-c2[nH]c3cc(C4CCN(C(=O)CN5CCCC5)CC4)sc3c2C(C)C)cnc1N=CN.Cc1cc(-c2[nH]c3cc(CN4CC5(C4)CS(=O)C5)sc3c2C(C)C)cn2ncnc12.O.[HH].[HH]. The summed E-state index contributed by atoms with van der Waals surface area (Å²) < 4.78 is 16.0. The summed E-state index contributed by atoms with van der Waals surface area (Å²) in [5.41, 5.74) is 18.6. The molecule has 4 aliphatic heterocycles. The van der Waals surface area contributed by atoms with Crippen molar-refractivity contribution >= 4 is 77.6 Å². The second-order valence-electron chi connectivity index (χ2n) is 19.6. The fraction of sp³-hybridized carbons (Fsp3) is 0.490. The van der Waals surface area contributed by atoms with Gasteiger partial charge in [0.1, 0.15) is 6.33 Å². The number of likely N-dealkylation sites (tertiary alicyclic amines) is 3. The van der Waals surface area contributed by atoms with Crippen molar-refractivity contribution in [3.63, 3.8) is 0 Å². The lowest BCUT2D eigenvalue weighted by Gasteiger charge is -2.54. The Kier molecular flexibility index (Phi) is 13.1. The first kappa shape index (κ1) is 46.3. The predicted octanol–water partition coefficient (Wildman–Crippen LogP) is 8.75. The van der Waals surface area contributed by atoms with Gasteiger partial charge in [-0.2, -0.15) is 5.10 Å². The zero-order valence-corrected chi connectivity index (χ0v) is 41.4. The number of hydrogen-bond acceptors (Lipinski definition) is 10. The highest BCUT2D eigenvalue weighted by atomic mass is 32.2. The Morgan fingerprint density at radius 1 is 0.909 bits per heavy atom. The minimum Gasteiger partial charge on any atom is -0.412 e. The maximum Gasteiger partial charge on any atom is 0.236 e. The van der Waals surface area contributed by atoms with Crippen LogP contribution in [0.4, 0.5) is 5.82 Å². The Balaban J connectivity index is 0.000000195. The van der Waals surface area contributed by atoms with E-state index in [1.165, 1.54) is 66.2 Å². The fourth-order valence-electron chi connectivity index (χ4n) is 10.7. The zero-order valence-electron chi connectivity index (χ0n) is 38.9. The average molecular weight is 954 g/mol. The number of hydrogen-bond donors (Lipinski definition) is 3. The number of nitrogens with zero attached hydrogens (tertiary/aromatic N) is 8. The Morgan fingerprint density at radius 3 is 2.21 bits per heavy atom. The molecule has 0 bridgehead atoms. The fourth-order valence-corrected chi connectivity index (χ4v) is 15.2. The zero-order chi connectivity index (χ0) is 45.1. The lowest BCUT2D eigenvalue weighted by atomic mass is 9.83. The van der Waals surface area contributed by atoms with E-state index in [0.29, 0.717) is 41.4 Å². The summed E-state index contributed by atoms with van der Waals surface area (Å²) in [5.74, 6) is 4.11. The Bertz CT molecular complexity index is 2940. The molecular weight excluding hydrogens is 887 g/mol. The first-order valence-corrected chi connectivity index (χ1v) is 26.4. The third kappa shape index (κ3) is 8.90. The summed E-state index contributed by atoms with van der Waals surface area (Å²) in [6.07, 6.45) is 11.4. The van der Waals surface area contributed by atoms with Gasteiger partial charge >= 0.3 is 0 Å². The van der Waals surface area contributed by atoms with Crippen molar-refractivity contribution in [2.75, 3.05) is 57.3 Å². The lowest BCUT2D eigenvalue weighted by molar-refractivity contribution is -0.133. The predicted molar refractivity (Wildman–Crippen MR) is 275 cm³/mol. The third-order valence-electron chi connectivity index (χ3n) is 13.9. The molecule has 0 saturated carbocycles. The molecule has 0 radical (unpaired) electrons. The molecule has 0 atom stereocenters. The van der Waals surface area contributed by atoms with Crippen LogP contribution in [-0.4, -0.2) is 123 Å². The molecule has 0 aliphatic carbocycles. The van der Waals surface area contributed by atoms with Crippen molar-refractivity contribution < 1.29 is 17.3 Å². The topological polar surface area (TPSA) is 188 Å². The number of amides is 1. The molecule has 1 amide bonds. The minimum absolute atomic E-state index is 0. The number of rotatable bonds is 10. The highest BCUT2D eigenvalue weighted by Gasteiger charge is 2.51. The van der Waals surface area contributed by atoms with Crippen molar-refractivity contribution in [1.82, 2.24) is 44.2 Å². The van der Waals surface area contributed by atoms with Crippen LogP contribution >= 0.6 is 22.7 Å². The third-order valence-corrected chi connectivity index (χ3v) is 18.2. The van der Waals surface area contributed by atoms with Crippen molar-refractivity contribution in [3.8, 4) is 22.5 Å². The first-order valence-electron chi connectivity index (χ1n) is 23.2. The van der Waals surface area contributed by atoms with E-state index in [1.54, 1.807) is 6.33 Å². The van der Waals surface area contributed by atoms with Crippen LogP contribution in [-0.2, 0) is 22.1 Å². The number of fused-ring (bicyclic) bond motifs is 3. The van der Waals surface area contributed by atoms with Gasteiger partial charge in [-0.3, -0.25) is 18.8 Å². The van der Waals surface area contributed by atoms with Gasteiger partial charge in [-0.05, 0) is 117 Å². The molecule has 4 saturated heterocycles. The second kappa shape index (κ2) is 18.7. The van der Waals surface area contributed by atoms with Crippen LogP contribution in [0.2, 0.25) is 0 Å². The highest BCUT2D eigenvalue weighted by molar-refractivity contribution is 7.86. The monoisotopic (exact) mass is 953 g/mol. The van der Waals surface area contributed by atoms with Crippen LogP contribution in [0.15, 0.2) is 48.0 Å². The number of nitrogens with one attached hydrogen (secondary N) is 2. The molecule has 11 rings (SSSR count). The molecule has 4 fully saturated rings. The van der Waals surface area contributed by atoms with E-state index in [2.05, 4.69) is 110 Å². The Morgan fingerprint density at radius 2 is 1.56 bits per heavy atom. The molecule has 6 N–H and O–H groups in total. The highest BCUT2D eigenvalue weighted by Crippen LogP contribution is 2.45. The lowest BCUT2D eigenvalue weighted by Crippen LogP contribution is -2.66. The van der Waals surface area contributed by atoms with Crippen LogP contribution in [0.3, 0.4) is 0 Å². The van der Waals surface area contributed by atoms with Crippen LogP contribution < -0.4 is 5.73 Å². The summed E-state index contributed by atoms with van der Waals surface area (Å²) in [6, 6.07) is 9.00. The molecule has 0 unspecified atom stereocenters. The standard InChI is InChI=1S/C27H36N6OS.C22H25N5OS2.H2O.2H2/c1-17(2)24-25(20-12-18(3)27(29-14-20)30-16-28)31-21-13-22(35-26(21)24)19-6-10-33(11-7-19)23(34)15-32-8-4-5-9-32;1-13(2)18-19(15-4-14(3)21-23-12-24-27(21)6-15)25-17-5-16(29-20(17)18)7-26-8-22(9-26)10-30(28)11-22;;;/h12-14,16-17,19,31H,4-11,15H2,1-3H3,(H2,28,29,30);4-6,12-13,25H,7-11H2,1-3H3;1H2;2*1H. The van der Waals surface area contributed by atoms with Crippen molar-refractivity contribution in [1.29, 1.82) is 0 Å². The largest absolute Gasteiger partial charge is 0.412 e. The van der Waals surface area contributed by atoms with E-state index in [-0.39, 0.29) is 8.33 Å². The van der Waals surface area contributed by atoms with Crippen molar-refractivity contribution in [2.24, 2.45) is 16.1 Å². The number of H-pyrrole nitrogens is 2. The number of aliphatic imine (C=N–C) groups is 1. The summed E-state index contributed by atoms with van der Waals surface area (Å²) in [7, 11) is -0.554. The molecule has 0 aromatic carbocycles. The van der Waals surface area contributed by atoms with Gasteiger partial charge in [0.15, 0.2) is 11.5 Å². The number of thiophene rings is 2. The molecule has 7 aromatic heterocycles. The number of aryl methyl sites for hydroxylation is 2. The summed E-state index contributed by atoms with van der Waals surface area (Å²) in [6.45, 7) is 20.8. The number of pyridine rings is 2. The van der Waals surface area contributed by atoms with Crippen LogP contribution in [0.25, 0.3) is 48.6 Å². The second-order valence-corrected chi connectivity index (χ2v) is 23.3. The summed E-state index contributed by atoms with van der Waals surface area (Å²) in [5, 5.41) is 4.34. The number of aromatic nitrogens is 6. The van der Waals surface area contributed by atoms with E-state index in [1.807, 2.05) is 40.3 Å². The molecule has 4 aliphatic rings. The number of nitrogens with two attached hydrogens (primary N) is 1. The van der Waals surface area contributed by atoms with E-state index >= 15 is 0 Å². The van der Waals surface area contributed by atoms with Crippen LogP contribution in [0, 0.1) is 19.3 Å². The molecule has 1 spiro atoms. The van der Waals surface area contributed by atoms with Gasteiger partial charge in [-0.15, -0.1) is 22.7 Å². The van der Waals surface area contributed by atoms with Gasteiger partial charge in [0.25, 0.3) is 0 Å². The number of aromatic amines is 2. The molecule has 66 heavy (non-hydrogen) atoms.